The zero-order valence-corrected chi connectivity index (χ0v) is 11.5. The average molecular weight is 262 g/mol. The zero-order chi connectivity index (χ0) is 13.2. The quantitative estimate of drug-likeness (QED) is 0.889. The normalized spacial score (nSPS) is 24.6. The van der Waals surface area contributed by atoms with Crippen LogP contribution < -0.4 is 0 Å². The van der Waals surface area contributed by atoms with Gasteiger partial charge >= 0.3 is 0 Å². The SMILES string of the molecule is CCc1ccc([C@H]2CCOC2)c(CN2CC(O)C2)n1. The van der Waals surface area contributed by atoms with Gasteiger partial charge < -0.3 is 9.84 Å². The van der Waals surface area contributed by atoms with E-state index in [1.165, 1.54) is 11.3 Å². The van der Waals surface area contributed by atoms with Gasteiger partial charge in [-0.25, -0.2) is 0 Å². The molecular formula is C15H22N2O2. The predicted octanol–water partition coefficient (Wildman–Crippen LogP) is 1.32. The smallest absolute Gasteiger partial charge is 0.0794 e. The predicted molar refractivity (Wildman–Crippen MR) is 73.1 cm³/mol. The third-order valence-corrected chi connectivity index (χ3v) is 4.11. The minimum Gasteiger partial charge on any atom is -0.390 e. The van der Waals surface area contributed by atoms with E-state index < -0.39 is 0 Å². The first kappa shape index (κ1) is 13.0. The van der Waals surface area contributed by atoms with Crippen LogP contribution in [0.15, 0.2) is 12.1 Å². The van der Waals surface area contributed by atoms with E-state index in [0.29, 0.717) is 5.92 Å². The van der Waals surface area contributed by atoms with Gasteiger partial charge in [-0.05, 0) is 24.5 Å². The lowest BCUT2D eigenvalue weighted by atomic mass is 9.95. The Kier molecular flexibility index (Phi) is 3.82. The van der Waals surface area contributed by atoms with Gasteiger partial charge in [0.2, 0.25) is 0 Å². The van der Waals surface area contributed by atoms with Crippen LogP contribution in [0.4, 0.5) is 0 Å². The van der Waals surface area contributed by atoms with Crippen LogP contribution in [-0.4, -0.2) is 47.4 Å². The number of hydrogen-bond acceptors (Lipinski definition) is 4. The van der Waals surface area contributed by atoms with Crippen molar-refractivity contribution in [3.63, 3.8) is 0 Å². The highest BCUT2D eigenvalue weighted by Gasteiger charge is 2.27. The van der Waals surface area contributed by atoms with Crippen LogP contribution >= 0.6 is 0 Å². The Balaban J connectivity index is 1.80. The van der Waals surface area contributed by atoms with Gasteiger partial charge in [0.25, 0.3) is 0 Å². The van der Waals surface area contributed by atoms with Crippen molar-refractivity contribution in [1.29, 1.82) is 0 Å². The molecular weight excluding hydrogens is 240 g/mol. The molecule has 2 saturated heterocycles. The first-order valence-electron chi connectivity index (χ1n) is 7.23. The largest absolute Gasteiger partial charge is 0.390 e. The fourth-order valence-electron chi connectivity index (χ4n) is 2.92. The molecule has 0 aromatic carbocycles. The number of β-amino-alcohol motifs (C(OH)–C–C–N with tert-alkyl or cyclic N) is 1. The van der Waals surface area contributed by atoms with Crippen molar-refractivity contribution in [2.75, 3.05) is 26.3 Å². The fraction of sp³-hybridized carbons (Fsp3) is 0.667. The third kappa shape index (κ3) is 2.81. The summed E-state index contributed by atoms with van der Waals surface area (Å²) in [5, 5.41) is 9.40. The number of aromatic nitrogens is 1. The van der Waals surface area contributed by atoms with Gasteiger partial charge in [-0.2, -0.15) is 0 Å². The Morgan fingerprint density at radius 1 is 1.42 bits per heavy atom. The maximum Gasteiger partial charge on any atom is 0.0794 e. The van der Waals surface area contributed by atoms with E-state index >= 15 is 0 Å². The fourth-order valence-corrected chi connectivity index (χ4v) is 2.92. The molecule has 0 saturated carbocycles. The van der Waals surface area contributed by atoms with E-state index in [9.17, 15) is 5.11 Å². The van der Waals surface area contributed by atoms with Gasteiger partial charge in [-0.3, -0.25) is 9.88 Å². The molecule has 2 aliphatic heterocycles. The number of ether oxygens (including phenoxy) is 1. The molecule has 0 radical (unpaired) electrons. The van der Waals surface area contributed by atoms with Crippen LogP contribution in [0.25, 0.3) is 0 Å². The van der Waals surface area contributed by atoms with E-state index in [1.807, 2.05) is 0 Å². The standard InChI is InChI=1S/C15H22N2O2/c1-2-12-3-4-14(11-5-6-19-10-11)15(16-12)9-17-7-13(18)8-17/h3-4,11,13,18H,2,5-10H2,1H3/t11-/m0/s1. The molecule has 2 aliphatic rings. The maximum atomic E-state index is 9.40. The molecule has 4 nitrogen and oxygen atoms in total. The Bertz CT molecular complexity index is 438. The second-order valence-corrected chi connectivity index (χ2v) is 5.60. The van der Waals surface area contributed by atoms with Crippen LogP contribution in [0, 0.1) is 0 Å². The van der Waals surface area contributed by atoms with Crippen LogP contribution in [0.3, 0.4) is 0 Å². The zero-order valence-electron chi connectivity index (χ0n) is 11.5. The summed E-state index contributed by atoms with van der Waals surface area (Å²) in [4.78, 5) is 7.06. The molecule has 0 unspecified atom stereocenters. The first-order chi connectivity index (χ1) is 9.26. The van der Waals surface area contributed by atoms with Crippen molar-refractivity contribution in [1.82, 2.24) is 9.88 Å². The third-order valence-electron chi connectivity index (χ3n) is 4.11. The van der Waals surface area contributed by atoms with Crippen molar-refractivity contribution in [3.05, 3.63) is 29.1 Å². The molecule has 1 aromatic rings. The van der Waals surface area contributed by atoms with Gasteiger partial charge in [0.1, 0.15) is 0 Å². The van der Waals surface area contributed by atoms with E-state index in [2.05, 4.69) is 24.0 Å². The van der Waals surface area contributed by atoms with Crippen LogP contribution in [-0.2, 0) is 17.7 Å². The number of aliphatic hydroxyl groups is 1. The summed E-state index contributed by atoms with van der Waals surface area (Å²) in [5.41, 5.74) is 3.68. The Labute approximate surface area is 114 Å². The summed E-state index contributed by atoms with van der Waals surface area (Å²) in [6.07, 6.45) is 1.92. The summed E-state index contributed by atoms with van der Waals surface area (Å²) in [5.74, 6) is 0.500. The van der Waals surface area contributed by atoms with Crippen LogP contribution in [0.1, 0.15) is 36.2 Å². The summed E-state index contributed by atoms with van der Waals surface area (Å²) in [6.45, 7) is 6.23. The topological polar surface area (TPSA) is 45.6 Å². The first-order valence-corrected chi connectivity index (χ1v) is 7.23. The number of aliphatic hydroxyl groups excluding tert-OH is 1. The molecule has 3 rings (SSSR count). The van der Waals surface area contributed by atoms with Crippen molar-refractivity contribution < 1.29 is 9.84 Å². The summed E-state index contributed by atoms with van der Waals surface area (Å²) < 4.78 is 5.50. The summed E-state index contributed by atoms with van der Waals surface area (Å²) >= 11 is 0. The second-order valence-electron chi connectivity index (χ2n) is 5.60. The van der Waals surface area contributed by atoms with Crippen molar-refractivity contribution >= 4 is 0 Å². The summed E-state index contributed by atoms with van der Waals surface area (Å²) in [6, 6.07) is 4.37. The van der Waals surface area contributed by atoms with E-state index in [1.54, 1.807) is 0 Å². The molecule has 3 heterocycles. The Morgan fingerprint density at radius 3 is 2.89 bits per heavy atom. The van der Waals surface area contributed by atoms with Crippen molar-refractivity contribution in [2.24, 2.45) is 0 Å². The van der Waals surface area contributed by atoms with Gasteiger partial charge in [-0.15, -0.1) is 0 Å². The molecule has 2 fully saturated rings. The molecule has 19 heavy (non-hydrogen) atoms. The molecule has 0 amide bonds. The number of pyridine rings is 1. The molecule has 0 bridgehead atoms. The summed E-state index contributed by atoms with van der Waals surface area (Å²) in [7, 11) is 0. The molecule has 1 aromatic heterocycles. The monoisotopic (exact) mass is 262 g/mol. The van der Waals surface area contributed by atoms with E-state index in [0.717, 1.165) is 51.4 Å². The molecule has 104 valence electrons. The minimum absolute atomic E-state index is 0.146. The van der Waals surface area contributed by atoms with Crippen LogP contribution in [0.5, 0.6) is 0 Å². The number of aryl methyl sites for hydroxylation is 1. The molecule has 4 heteroatoms. The molecule has 0 spiro atoms. The van der Waals surface area contributed by atoms with Crippen molar-refractivity contribution in [2.45, 2.75) is 38.3 Å². The van der Waals surface area contributed by atoms with Crippen molar-refractivity contribution in [3.8, 4) is 0 Å². The minimum atomic E-state index is -0.146. The molecule has 1 atom stereocenters. The number of nitrogens with zero attached hydrogens (tertiary/aromatic N) is 2. The number of hydrogen-bond donors (Lipinski definition) is 1. The molecule has 0 aliphatic carbocycles. The van der Waals surface area contributed by atoms with Gasteiger partial charge in [-0.1, -0.05) is 13.0 Å². The average Bonchev–Trinajstić information content (AvgIpc) is 2.90. The van der Waals surface area contributed by atoms with E-state index in [4.69, 9.17) is 9.72 Å². The Morgan fingerprint density at radius 2 is 2.26 bits per heavy atom. The lowest BCUT2D eigenvalue weighted by molar-refractivity contribution is -0.00378. The lowest BCUT2D eigenvalue weighted by Gasteiger charge is -2.36. The highest BCUT2D eigenvalue weighted by atomic mass is 16.5. The maximum absolute atomic E-state index is 9.40. The molecule has 1 N–H and O–H groups in total. The van der Waals surface area contributed by atoms with Gasteiger partial charge in [0, 0.05) is 37.9 Å². The van der Waals surface area contributed by atoms with Gasteiger partial charge in [0.15, 0.2) is 0 Å². The Hall–Kier alpha value is -0.970. The van der Waals surface area contributed by atoms with Gasteiger partial charge in [0.05, 0.1) is 18.4 Å². The highest BCUT2D eigenvalue weighted by Crippen LogP contribution is 2.29. The number of likely N-dealkylation sites (tertiary alicyclic amines) is 1. The lowest BCUT2D eigenvalue weighted by Crippen LogP contribution is -2.50. The second kappa shape index (κ2) is 5.57. The number of rotatable bonds is 4. The highest BCUT2D eigenvalue weighted by molar-refractivity contribution is 5.28. The van der Waals surface area contributed by atoms with Crippen LogP contribution in [0.2, 0.25) is 0 Å². The van der Waals surface area contributed by atoms with E-state index in [-0.39, 0.29) is 6.10 Å².